The van der Waals surface area contributed by atoms with Crippen molar-refractivity contribution in [2.75, 3.05) is 12.0 Å². The van der Waals surface area contributed by atoms with Gasteiger partial charge in [-0.2, -0.15) is 5.10 Å². The van der Waals surface area contributed by atoms with Crippen molar-refractivity contribution < 1.29 is 14.3 Å². The lowest BCUT2D eigenvalue weighted by Gasteiger charge is -2.15. The van der Waals surface area contributed by atoms with Gasteiger partial charge < -0.3 is 4.74 Å². The molecular weight excluding hydrogens is 404 g/mol. The van der Waals surface area contributed by atoms with Crippen molar-refractivity contribution in [3.8, 4) is 11.4 Å². The highest BCUT2D eigenvalue weighted by atomic mass is 16.5. The van der Waals surface area contributed by atoms with Crippen LogP contribution in [0.1, 0.15) is 51.7 Å². The quantitative estimate of drug-likeness (QED) is 0.444. The number of methoxy groups -OCH3 is 1. The second-order valence-electron chi connectivity index (χ2n) is 8.11. The second-order valence-corrected chi connectivity index (χ2v) is 8.11. The maximum atomic E-state index is 13.5. The molecule has 0 spiro atoms. The molecule has 0 radical (unpaired) electrons. The van der Waals surface area contributed by atoms with Crippen molar-refractivity contribution in [2.45, 2.75) is 26.7 Å². The van der Waals surface area contributed by atoms with Crippen LogP contribution in [0, 0.1) is 6.92 Å². The molecule has 0 bridgehead atoms. The minimum absolute atomic E-state index is 0.290. The van der Waals surface area contributed by atoms with E-state index in [1.807, 2.05) is 55.5 Å². The molecule has 0 unspecified atom stereocenters. The minimum Gasteiger partial charge on any atom is -0.494 e. The number of benzene rings is 2. The lowest BCUT2D eigenvalue weighted by Crippen LogP contribution is -2.29. The molecule has 7 nitrogen and oxygen atoms in total. The van der Waals surface area contributed by atoms with E-state index in [0.29, 0.717) is 45.3 Å². The summed E-state index contributed by atoms with van der Waals surface area (Å²) in [5.41, 5.74) is 4.15. The zero-order chi connectivity index (χ0) is 22.6. The fraction of sp³-hybridized carbons (Fsp3) is 0.200. The summed E-state index contributed by atoms with van der Waals surface area (Å²) in [5, 5.41) is 5.20. The molecule has 7 heteroatoms. The number of carbonyl (C=O) groups is 2. The number of carbonyl (C=O) groups excluding carboxylic acids is 2. The summed E-state index contributed by atoms with van der Waals surface area (Å²) >= 11 is 0. The van der Waals surface area contributed by atoms with Gasteiger partial charge >= 0.3 is 0 Å². The third-order valence-corrected chi connectivity index (χ3v) is 5.85. The summed E-state index contributed by atoms with van der Waals surface area (Å²) in [5.74, 6) is 0.255. The Morgan fingerprint density at radius 1 is 0.969 bits per heavy atom. The van der Waals surface area contributed by atoms with Crippen LogP contribution in [-0.2, 0) is 0 Å². The van der Waals surface area contributed by atoms with Gasteiger partial charge in [0.25, 0.3) is 11.8 Å². The highest BCUT2D eigenvalue weighted by Gasteiger charge is 2.40. The van der Waals surface area contributed by atoms with Gasteiger partial charge in [-0.05, 0) is 42.7 Å². The summed E-state index contributed by atoms with van der Waals surface area (Å²) < 4.78 is 7.13. The van der Waals surface area contributed by atoms with E-state index < -0.39 is 0 Å². The fourth-order valence-corrected chi connectivity index (χ4v) is 4.18. The topological polar surface area (TPSA) is 77.3 Å². The number of rotatable bonds is 4. The Labute approximate surface area is 185 Å². The average molecular weight is 426 g/mol. The summed E-state index contributed by atoms with van der Waals surface area (Å²) in [6, 6.07) is 15.0. The van der Waals surface area contributed by atoms with E-state index in [0.717, 1.165) is 5.56 Å². The van der Waals surface area contributed by atoms with Gasteiger partial charge in [0.2, 0.25) is 0 Å². The zero-order valence-corrected chi connectivity index (χ0v) is 18.3. The van der Waals surface area contributed by atoms with Gasteiger partial charge in [0.1, 0.15) is 11.4 Å². The normalized spacial score (nSPS) is 13.3. The van der Waals surface area contributed by atoms with Crippen molar-refractivity contribution in [1.82, 2.24) is 14.8 Å². The van der Waals surface area contributed by atoms with Crippen LogP contribution in [0.25, 0.3) is 16.7 Å². The zero-order valence-electron chi connectivity index (χ0n) is 18.3. The predicted molar refractivity (Wildman–Crippen MR) is 122 cm³/mol. The molecule has 2 aromatic carbocycles. The Balaban J connectivity index is 1.66. The maximum Gasteiger partial charge on any atom is 0.267 e. The largest absolute Gasteiger partial charge is 0.494 e. The summed E-state index contributed by atoms with van der Waals surface area (Å²) in [6.07, 6.45) is 1.47. The van der Waals surface area contributed by atoms with E-state index in [9.17, 15) is 9.59 Å². The first-order chi connectivity index (χ1) is 15.4. The molecule has 4 aromatic rings. The molecular formula is C25H22N4O3. The molecule has 1 aliphatic heterocycles. The van der Waals surface area contributed by atoms with Crippen molar-refractivity contribution in [2.24, 2.45) is 0 Å². The van der Waals surface area contributed by atoms with Crippen LogP contribution in [-0.4, -0.2) is 33.7 Å². The van der Waals surface area contributed by atoms with Gasteiger partial charge in [-0.15, -0.1) is 0 Å². The standard InChI is InChI=1S/C25H22N4O3/c1-14(2)16-9-11-17(12-10-16)28-24(30)18-13-26-23-21(22(18)25(28)31)15(3)27-29(23)19-7-5-6-8-20(19)32-4/h5-14H,1-4H3. The van der Waals surface area contributed by atoms with Crippen molar-refractivity contribution >= 4 is 28.5 Å². The molecule has 2 amide bonds. The van der Waals surface area contributed by atoms with Crippen molar-refractivity contribution in [3.05, 3.63) is 77.1 Å². The number of aromatic nitrogens is 3. The van der Waals surface area contributed by atoms with E-state index >= 15 is 0 Å². The third-order valence-electron chi connectivity index (χ3n) is 5.85. The van der Waals surface area contributed by atoms with Gasteiger partial charge in [-0.25, -0.2) is 14.6 Å². The smallest absolute Gasteiger partial charge is 0.267 e. The number of hydrogen-bond acceptors (Lipinski definition) is 5. The van der Waals surface area contributed by atoms with E-state index in [-0.39, 0.29) is 17.4 Å². The molecule has 2 aromatic heterocycles. The van der Waals surface area contributed by atoms with Crippen molar-refractivity contribution in [3.63, 3.8) is 0 Å². The first-order valence-corrected chi connectivity index (χ1v) is 10.4. The first-order valence-electron chi connectivity index (χ1n) is 10.4. The number of amides is 2. The van der Waals surface area contributed by atoms with Gasteiger partial charge in [-0.3, -0.25) is 9.59 Å². The van der Waals surface area contributed by atoms with Gasteiger partial charge in [-0.1, -0.05) is 38.1 Å². The van der Waals surface area contributed by atoms with E-state index in [1.54, 1.807) is 11.8 Å². The summed E-state index contributed by atoms with van der Waals surface area (Å²) in [7, 11) is 1.59. The SMILES string of the molecule is COc1ccccc1-n1nc(C)c2c3c(cnc21)C(=O)N(c1ccc(C(C)C)cc1)C3=O. The van der Waals surface area contributed by atoms with Gasteiger partial charge in [0.05, 0.1) is 35.0 Å². The van der Waals surface area contributed by atoms with Crippen LogP contribution in [0.2, 0.25) is 0 Å². The fourth-order valence-electron chi connectivity index (χ4n) is 4.18. The molecule has 1 aliphatic rings. The summed E-state index contributed by atoms with van der Waals surface area (Å²) in [4.78, 5) is 32.4. The Kier molecular flexibility index (Phi) is 4.55. The maximum absolute atomic E-state index is 13.5. The molecule has 0 atom stereocenters. The highest BCUT2D eigenvalue weighted by molar-refractivity contribution is 6.37. The van der Waals surface area contributed by atoms with Gasteiger partial charge in [0.15, 0.2) is 5.65 Å². The Morgan fingerprint density at radius 2 is 1.69 bits per heavy atom. The number of fused-ring (bicyclic) bond motifs is 3. The first kappa shape index (κ1) is 19.9. The van der Waals surface area contributed by atoms with Crippen molar-refractivity contribution in [1.29, 1.82) is 0 Å². The number of hydrogen-bond donors (Lipinski definition) is 0. The molecule has 3 heterocycles. The molecule has 0 N–H and O–H groups in total. The molecule has 0 saturated heterocycles. The number of imide groups is 1. The minimum atomic E-state index is -0.374. The molecule has 5 rings (SSSR count). The number of aryl methyl sites for hydroxylation is 1. The van der Waals surface area contributed by atoms with Crippen LogP contribution < -0.4 is 9.64 Å². The molecule has 32 heavy (non-hydrogen) atoms. The summed E-state index contributed by atoms with van der Waals surface area (Å²) in [6.45, 7) is 6.01. The number of anilines is 1. The second kappa shape index (κ2) is 7.30. The van der Waals surface area contributed by atoms with E-state index in [4.69, 9.17) is 4.74 Å². The van der Waals surface area contributed by atoms with Crippen LogP contribution in [0.15, 0.2) is 54.7 Å². The Hall–Kier alpha value is -4.00. The molecule has 0 aliphatic carbocycles. The van der Waals surface area contributed by atoms with Crippen LogP contribution in [0.4, 0.5) is 5.69 Å². The lowest BCUT2D eigenvalue weighted by molar-refractivity contribution is 0.0926. The Morgan fingerprint density at radius 3 is 2.38 bits per heavy atom. The monoisotopic (exact) mass is 426 g/mol. The third kappa shape index (κ3) is 2.81. The van der Waals surface area contributed by atoms with Crippen LogP contribution in [0.3, 0.4) is 0 Å². The number of nitrogens with zero attached hydrogens (tertiary/aromatic N) is 4. The number of pyridine rings is 1. The van der Waals surface area contributed by atoms with E-state index in [2.05, 4.69) is 23.9 Å². The van der Waals surface area contributed by atoms with E-state index in [1.165, 1.54) is 11.1 Å². The Bertz CT molecular complexity index is 1390. The lowest BCUT2D eigenvalue weighted by atomic mass is 10.0. The number of para-hydroxylation sites is 2. The van der Waals surface area contributed by atoms with Gasteiger partial charge in [0, 0.05) is 6.20 Å². The molecule has 0 saturated carbocycles. The van der Waals surface area contributed by atoms with Crippen LogP contribution >= 0.6 is 0 Å². The average Bonchev–Trinajstić information content (AvgIpc) is 3.27. The molecule has 0 fully saturated rings. The van der Waals surface area contributed by atoms with Crippen LogP contribution in [0.5, 0.6) is 5.75 Å². The predicted octanol–water partition coefficient (Wildman–Crippen LogP) is 4.66. The molecule has 160 valence electrons. The number of ether oxygens (including phenoxy) is 1. The highest BCUT2D eigenvalue weighted by Crippen LogP contribution is 2.36.